The van der Waals surface area contributed by atoms with E-state index in [1.54, 1.807) is 28.7 Å². The van der Waals surface area contributed by atoms with E-state index in [2.05, 4.69) is 25.2 Å². The number of aromatic nitrogens is 6. The van der Waals surface area contributed by atoms with Gasteiger partial charge < -0.3 is 14.4 Å². The first kappa shape index (κ1) is 16.2. The van der Waals surface area contributed by atoms with E-state index in [0.717, 1.165) is 24.6 Å². The Labute approximate surface area is 150 Å². The van der Waals surface area contributed by atoms with Crippen molar-refractivity contribution >= 4 is 11.6 Å². The lowest BCUT2D eigenvalue weighted by atomic mass is 10.3. The molecular weight excluding hydrogens is 332 g/mol. The van der Waals surface area contributed by atoms with Crippen LogP contribution in [0.3, 0.4) is 0 Å². The highest BCUT2D eigenvalue weighted by Crippen LogP contribution is 2.16. The predicted octanol–water partition coefficient (Wildman–Crippen LogP) is 0.391. The quantitative estimate of drug-likeness (QED) is 0.674. The van der Waals surface area contributed by atoms with Gasteiger partial charge in [-0.15, -0.1) is 10.2 Å². The molecule has 4 heterocycles. The van der Waals surface area contributed by atoms with Gasteiger partial charge in [0, 0.05) is 51.8 Å². The van der Waals surface area contributed by atoms with Crippen LogP contribution in [0.1, 0.15) is 5.69 Å². The van der Waals surface area contributed by atoms with Gasteiger partial charge in [0.05, 0.1) is 5.69 Å². The second-order valence-corrected chi connectivity index (χ2v) is 6.29. The molecule has 4 rings (SSSR count). The molecule has 1 aliphatic heterocycles. The minimum Gasteiger partial charge on any atom is -0.352 e. The molecule has 0 aliphatic carbocycles. The van der Waals surface area contributed by atoms with E-state index in [1.807, 2.05) is 36.2 Å². The Morgan fingerprint density at radius 2 is 1.62 bits per heavy atom. The summed E-state index contributed by atoms with van der Waals surface area (Å²) in [5.41, 5.74) is 0.868. The molecule has 0 aromatic carbocycles. The number of aryl methyl sites for hydroxylation is 2. The van der Waals surface area contributed by atoms with Gasteiger partial charge in [-0.1, -0.05) is 0 Å². The summed E-state index contributed by atoms with van der Waals surface area (Å²) in [6.45, 7) is 4.89. The van der Waals surface area contributed by atoms with Crippen LogP contribution in [0.15, 0.2) is 41.6 Å². The van der Waals surface area contributed by atoms with Crippen LogP contribution >= 0.6 is 0 Å². The van der Waals surface area contributed by atoms with E-state index in [1.165, 1.54) is 0 Å². The zero-order valence-corrected chi connectivity index (χ0v) is 14.8. The van der Waals surface area contributed by atoms with Crippen molar-refractivity contribution in [3.05, 3.63) is 52.8 Å². The van der Waals surface area contributed by atoms with Gasteiger partial charge in [0.25, 0.3) is 5.56 Å². The molecule has 9 heteroatoms. The highest BCUT2D eigenvalue weighted by Gasteiger charge is 2.21. The van der Waals surface area contributed by atoms with Crippen molar-refractivity contribution in [3.63, 3.8) is 0 Å². The third-order valence-electron chi connectivity index (χ3n) is 4.50. The maximum atomic E-state index is 12.2. The van der Waals surface area contributed by atoms with Crippen molar-refractivity contribution in [2.45, 2.75) is 6.92 Å². The zero-order valence-electron chi connectivity index (χ0n) is 14.8. The number of nitrogens with zero attached hydrogens (tertiary/aromatic N) is 8. The highest BCUT2D eigenvalue weighted by molar-refractivity contribution is 5.44. The Bertz CT molecular complexity index is 953. The molecule has 0 N–H and O–H groups in total. The fraction of sp³-hybridized carbons (Fsp3) is 0.353. The molecule has 0 amide bonds. The van der Waals surface area contributed by atoms with Gasteiger partial charge in [-0.05, 0) is 25.1 Å². The molecule has 1 saturated heterocycles. The Morgan fingerprint density at radius 1 is 0.923 bits per heavy atom. The van der Waals surface area contributed by atoms with Crippen molar-refractivity contribution < 1.29 is 0 Å². The highest BCUT2D eigenvalue weighted by atomic mass is 16.1. The first-order valence-electron chi connectivity index (χ1n) is 8.50. The normalized spacial score (nSPS) is 14.7. The van der Waals surface area contributed by atoms with Crippen LogP contribution in [0.25, 0.3) is 5.82 Å². The third-order valence-corrected chi connectivity index (χ3v) is 4.50. The molecule has 0 spiro atoms. The van der Waals surface area contributed by atoms with E-state index < -0.39 is 0 Å². The smallest absolute Gasteiger partial charge is 0.293 e. The Morgan fingerprint density at radius 3 is 2.27 bits per heavy atom. The van der Waals surface area contributed by atoms with Crippen molar-refractivity contribution in [1.82, 2.24) is 29.5 Å². The minimum absolute atomic E-state index is 0.0698. The molecule has 134 valence electrons. The molecule has 1 fully saturated rings. The van der Waals surface area contributed by atoms with Crippen molar-refractivity contribution in [3.8, 4) is 5.82 Å². The molecule has 0 unspecified atom stereocenters. The van der Waals surface area contributed by atoms with E-state index >= 15 is 0 Å². The van der Waals surface area contributed by atoms with Gasteiger partial charge in [0.15, 0.2) is 17.5 Å². The first-order valence-corrected chi connectivity index (χ1v) is 8.50. The summed E-state index contributed by atoms with van der Waals surface area (Å²) in [6.07, 6.45) is 5.19. The first-order chi connectivity index (χ1) is 12.6. The fourth-order valence-corrected chi connectivity index (χ4v) is 3.00. The lowest BCUT2D eigenvalue weighted by Gasteiger charge is -2.35. The molecular formula is C17H20N8O. The summed E-state index contributed by atoms with van der Waals surface area (Å²) in [4.78, 5) is 20.6. The van der Waals surface area contributed by atoms with Crippen molar-refractivity contribution in [2.75, 3.05) is 36.0 Å². The van der Waals surface area contributed by atoms with Gasteiger partial charge in [0.1, 0.15) is 0 Å². The lowest BCUT2D eigenvalue weighted by molar-refractivity contribution is 0.630. The van der Waals surface area contributed by atoms with E-state index in [0.29, 0.717) is 24.7 Å². The Kier molecular flexibility index (Phi) is 4.11. The van der Waals surface area contributed by atoms with Crippen LogP contribution in [0, 0.1) is 6.92 Å². The topological polar surface area (TPSA) is 85.0 Å². The van der Waals surface area contributed by atoms with Gasteiger partial charge in [-0.25, -0.2) is 9.67 Å². The molecule has 0 radical (unpaired) electrons. The molecule has 1 aliphatic rings. The van der Waals surface area contributed by atoms with Gasteiger partial charge >= 0.3 is 0 Å². The largest absolute Gasteiger partial charge is 0.352 e. The monoisotopic (exact) mass is 352 g/mol. The average Bonchev–Trinajstić information content (AvgIpc) is 3.11. The van der Waals surface area contributed by atoms with Crippen LogP contribution < -0.4 is 15.4 Å². The molecule has 3 aromatic rings. The van der Waals surface area contributed by atoms with Gasteiger partial charge in [-0.3, -0.25) is 4.79 Å². The van der Waals surface area contributed by atoms with Crippen LogP contribution in [-0.4, -0.2) is 55.7 Å². The zero-order chi connectivity index (χ0) is 18.1. The lowest BCUT2D eigenvalue weighted by Crippen LogP contribution is -2.49. The van der Waals surface area contributed by atoms with Crippen LogP contribution in [0.2, 0.25) is 0 Å². The van der Waals surface area contributed by atoms with E-state index in [-0.39, 0.29) is 5.56 Å². The fourth-order valence-electron chi connectivity index (χ4n) is 3.00. The van der Waals surface area contributed by atoms with Crippen LogP contribution in [-0.2, 0) is 7.05 Å². The van der Waals surface area contributed by atoms with Gasteiger partial charge in [-0.2, -0.15) is 5.10 Å². The molecule has 0 atom stereocenters. The summed E-state index contributed by atoms with van der Waals surface area (Å²) in [7, 11) is 1.74. The number of rotatable bonds is 3. The van der Waals surface area contributed by atoms with E-state index in [4.69, 9.17) is 0 Å². The third kappa shape index (κ3) is 3.03. The van der Waals surface area contributed by atoms with Crippen molar-refractivity contribution in [2.24, 2.45) is 7.05 Å². The maximum absolute atomic E-state index is 12.2. The summed E-state index contributed by atoms with van der Waals surface area (Å²) >= 11 is 0. The summed E-state index contributed by atoms with van der Waals surface area (Å²) in [5, 5.41) is 12.9. The molecule has 3 aromatic heterocycles. The number of hydrogen-bond donors (Lipinski definition) is 0. The molecule has 26 heavy (non-hydrogen) atoms. The van der Waals surface area contributed by atoms with E-state index in [9.17, 15) is 4.79 Å². The second kappa shape index (κ2) is 6.58. The summed E-state index contributed by atoms with van der Waals surface area (Å²) in [6, 6.07) is 5.79. The SMILES string of the molecule is Cc1ccn(-c2ccc(N3CCN(c4nccn(C)c4=O)CC3)nn2)n1. The number of anilines is 2. The van der Waals surface area contributed by atoms with Crippen LogP contribution in [0.5, 0.6) is 0 Å². The number of hydrogen-bond acceptors (Lipinski definition) is 7. The Hall–Kier alpha value is -3.23. The molecule has 0 saturated carbocycles. The summed E-state index contributed by atoms with van der Waals surface area (Å²) < 4.78 is 3.26. The Balaban J connectivity index is 1.45. The maximum Gasteiger partial charge on any atom is 0.293 e. The van der Waals surface area contributed by atoms with Crippen molar-refractivity contribution in [1.29, 1.82) is 0 Å². The number of piperazine rings is 1. The summed E-state index contributed by atoms with van der Waals surface area (Å²) in [5.74, 6) is 2.02. The predicted molar refractivity (Wildman–Crippen MR) is 97.8 cm³/mol. The molecule has 9 nitrogen and oxygen atoms in total. The standard InChI is InChI=1S/C17H20N8O/c1-13-5-7-25(21-13)15-4-3-14(19-20-15)23-9-11-24(12-10-23)16-17(26)22(2)8-6-18-16/h3-8H,9-12H2,1-2H3. The average molecular weight is 352 g/mol. The van der Waals surface area contributed by atoms with Gasteiger partial charge in [0.2, 0.25) is 0 Å². The van der Waals surface area contributed by atoms with Crippen LogP contribution in [0.4, 0.5) is 11.6 Å². The minimum atomic E-state index is -0.0698. The molecule has 0 bridgehead atoms. The second-order valence-electron chi connectivity index (χ2n) is 6.29.